The Labute approximate surface area is 89.7 Å². The Morgan fingerprint density at radius 1 is 1.35 bits per heavy atom. The first-order valence-electron chi connectivity index (χ1n) is 3.93. The second-order valence-electron chi connectivity index (χ2n) is 2.86. The van der Waals surface area contributed by atoms with Crippen molar-refractivity contribution < 1.29 is 36.2 Å². The van der Waals surface area contributed by atoms with Crippen LogP contribution in [0.15, 0.2) is 6.07 Å². The second kappa shape index (κ2) is 4.22. The molecule has 1 aromatic rings. The fourth-order valence-electron chi connectivity index (χ4n) is 1.16. The standard InChI is InChI=1S/C8H3F6NO2/c9-3-1-2(7(16)17)4(8(12,13)14)5(15-3)6(10)11/h1,6H,(H,16,17). The lowest BCUT2D eigenvalue weighted by Crippen LogP contribution is -2.18. The first kappa shape index (κ1) is 13.3. The molecular weight excluding hydrogens is 256 g/mol. The lowest BCUT2D eigenvalue weighted by atomic mass is 10.1. The number of hydrogen-bond acceptors (Lipinski definition) is 2. The minimum Gasteiger partial charge on any atom is -0.478 e. The molecule has 0 aliphatic rings. The highest BCUT2D eigenvalue weighted by Gasteiger charge is 2.41. The molecule has 0 saturated carbocycles. The van der Waals surface area contributed by atoms with Crippen molar-refractivity contribution in [1.29, 1.82) is 0 Å². The fourth-order valence-corrected chi connectivity index (χ4v) is 1.16. The first-order valence-corrected chi connectivity index (χ1v) is 3.93. The zero-order valence-corrected chi connectivity index (χ0v) is 7.73. The number of carbonyl (C=O) groups is 1. The Balaban J connectivity index is 3.66. The third kappa shape index (κ3) is 2.66. The van der Waals surface area contributed by atoms with E-state index in [1.165, 1.54) is 0 Å². The maximum Gasteiger partial charge on any atom is 0.419 e. The molecule has 94 valence electrons. The van der Waals surface area contributed by atoms with Gasteiger partial charge >= 0.3 is 12.1 Å². The molecule has 0 spiro atoms. The van der Waals surface area contributed by atoms with Crippen LogP contribution in [0.1, 0.15) is 28.0 Å². The Hall–Kier alpha value is -1.80. The summed E-state index contributed by atoms with van der Waals surface area (Å²) in [6.07, 6.45) is -9.10. The van der Waals surface area contributed by atoms with Crippen molar-refractivity contribution in [2.24, 2.45) is 0 Å². The van der Waals surface area contributed by atoms with Gasteiger partial charge in [-0.2, -0.15) is 17.6 Å². The number of carboxylic acids is 1. The maximum atomic E-state index is 12.6. The van der Waals surface area contributed by atoms with Gasteiger partial charge in [-0.05, 0) is 0 Å². The summed E-state index contributed by atoms with van der Waals surface area (Å²) < 4.78 is 74.4. The predicted molar refractivity (Wildman–Crippen MR) is 41.1 cm³/mol. The van der Waals surface area contributed by atoms with Crippen molar-refractivity contribution in [3.8, 4) is 0 Å². The molecule has 9 heteroatoms. The van der Waals surface area contributed by atoms with Crippen LogP contribution in [0.5, 0.6) is 0 Å². The van der Waals surface area contributed by atoms with Gasteiger partial charge in [0.2, 0.25) is 5.95 Å². The van der Waals surface area contributed by atoms with Crippen molar-refractivity contribution in [2.45, 2.75) is 12.6 Å². The van der Waals surface area contributed by atoms with Crippen molar-refractivity contribution in [3.63, 3.8) is 0 Å². The summed E-state index contributed by atoms with van der Waals surface area (Å²) in [6.45, 7) is 0. The van der Waals surface area contributed by atoms with Crippen LogP contribution >= 0.6 is 0 Å². The van der Waals surface area contributed by atoms with Gasteiger partial charge in [0.05, 0.1) is 11.1 Å². The summed E-state index contributed by atoms with van der Waals surface area (Å²) in [4.78, 5) is 12.8. The molecular formula is C8H3F6NO2. The maximum absolute atomic E-state index is 12.6. The average molecular weight is 259 g/mol. The molecule has 1 heterocycles. The Kier molecular flexibility index (Phi) is 3.30. The normalized spacial score (nSPS) is 11.9. The van der Waals surface area contributed by atoms with Crippen LogP contribution in [0.3, 0.4) is 0 Å². The van der Waals surface area contributed by atoms with Crippen molar-refractivity contribution in [2.75, 3.05) is 0 Å². The number of pyridine rings is 1. The van der Waals surface area contributed by atoms with Crippen molar-refractivity contribution >= 4 is 5.97 Å². The van der Waals surface area contributed by atoms with E-state index < -0.39 is 41.3 Å². The van der Waals surface area contributed by atoms with Crippen LogP contribution in [-0.4, -0.2) is 16.1 Å². The molecule has 0 unspecified atom stereocenters. The summed E-state index contributed by atoms with van der Waals surface area (Å²) in [5.74, 6) is -3.88. The smallest absolute Gasteiger partial charge is 0.419 e. The Morgan fingerprint density at radius 3 is 2.24 bits per heavy atom. The quantitative estimate of drug-likeness (QED) is 0.656. The van der Waals surface area contributed by atoms with Crippen LogP contribution in [0.25, 0.3) is 0 Å². The number of carboxylic acid groups (broad SMARTS) is 1. The van der Waals surface area contributed by atoms with Gasteiger partial charge < -0.3 is 5.11 Å². The number of rotatable bonds is 2. The number of halogens is 6. The van der Waals surface area contributed by atoms with Crippen LogP contribution in [0, 0.1) is 5.95 Å². The van der Waals surface area contributed by atoms with E-state index in [2.05, 4.69) is 4.98 Å². The first-order chi connectivity index (χ1) is 7.64. The second-order valence-corrected chi connectivity index (χ2v) is 2.86. The minimum absolute atomic E-state index is 0.0585. The van der Waals surface area contributed by atoms with Gasteiger partial charge in [-0.1, -0.05) is 0 Å². The van der Waals surface area contributed by atoms with E-state index >= 15 is 0 Å². The number of aromatic nitrogens is 1. The summed E-state index contributed by atoms with van der Waals surface area (Å²) in [5.41, 5.74) is -5.67. The zero-order chi connectivity index (χ0) is 13.4. The summed E-state index contributed by atoms with van der Waals surface area (Å²) in [7, 11) is 0. The van der Waals surface area contributed by atoms with Gasteiger partial charge in [0.25, 0.3) is 6.43 Å². The molecule has 0 saturated heterocycles. The third-order valence-corrected chi connectivity index (χ3v) is 1.74. The van der Waals surface area contributed by atoms with Gasteiger partial charge in [0.15, 0.2) is 0 Å². The lowest BCUT2D eigenvalue weighted by Gasteiger charge is -2.14. The van der Waals surface area contributed by atoms with Gasteiger partial charge in [0, 0.05) is 6.07 Å². The van der Waals surface area contributed by atoms with Crippen molar-refractivity contribution in [3.05, 3.63) is 28.8 Å². The monoisotopic (exact) mass is 259 g/mol. The molecule has 1 aromatic heterocycles. The van der Waals surface area contributed by atoms with Gasteiger partial charge in [-0.25, -0.2) is 18.6 Å². The predicted octanol–water partition coefficient (Wildman–Crippen LogP) is 2.88. The lowest BCUT2D eigenvalue weighted by molar-refractivity contribution is -0.140. The highest BCUT2D eigenvalue weighted by Crippen LogP contribution is 2.37. The Morgan fingerprint density at radius 2 is 1.88 bits per heavy atom. The third-order valence-electron chi connectivity index (χ3n) is 1.74. The highest BCUT2D eigenvalue weighted by molar-refractivity contribution is 5.89. The SMILES string of the molecule is O=C(O)c1cc(F)nc(C(F)F)c1C(F)(F)F. The topological polar surface area (TPSA) is 50.2 Å². The largest absolute Gasteiger partial charge is 0.478 e. The van der Waals surface area contributed by atoms with Crippen LogP contribution in [-0.2, 0) is 6.18 Å². The van der Waals surface area contributed by atoms with Crippen LogP contribution in [0.4, 0.5) is 26.3 Å². The number of nitrogens with zero attached hydrogens (tertiary/aromatic N) is 1. The minimum atomic E-state index is -5.36. The Bertz CT molecular complexity index is 456. The fraction of sp³-hybridized carbons (Fsp3) is 0.250. The van der Waals surface area contributed by atoms with E-state index in [1.807, 2.05) is 0 Å². The van der Waals surface area contributed by atoms with Gasteiger partial charge in [-0.3, -0.25) is 0 Å². The molecule has 0 bridgehead atoms. The van der Waals surface area contributed by atoms with E-state index in [9.17, 15) is 31.1 Å². The molecule has 0 fully saturated rings. The molecule has 1 N–H and O–H groups in total. The van der Waals surface area contributed by atoms with Crippen LogP contribution in [0.2, 0.25) is 0 Å². The molecule has 0 radical (unpaired) electrons. The average Bonchev–Trinajstić information content (AvgIpc) is 2.14. The highest BCUT2D eigenvalue weighted by atomic mass is 19.4. The van der Waals surface area contributed by atoms with E-state index in [0.29, 0.717) is 0 Å². The number of aromatic carboxylic acids is 1. The molecule has 0 aromatic carbocycles. The van der Waals surface area contributed by atoms with Gasteiger partial charge in [-0.15, -0.1) is 0 Å². The summed E-state index contributed by atoms with van der Waals surface area (Å²) in [6, 6.07) is -0.0585. The van der Waals surface area contributed by atoms with Gasteiger partial charge in [0.1, 0.15) is 5.69 Å². The molecule has 0 aliphatic carbocycles. The summed E-state index contributed by atoms with van der Waals surface area (Å²) in [5, 5.41) is 8.42. The van der Waals surface area contributed by atoms with E-state index in [-0.39, 0.29) is 6.07 Å². The summed E-state index contributed by atoms with van der Waals surface area (Å²) >= 11 is 0. The molecule has 17 heavy (non-hydrogen) atoms. The van der Waals surface area contributed by atoms with E-state index in [4.69, 9.17) is 5.11 Å². The van der Waals surface area contributed by atoms with Crippen molar-refractivity contribution in [1.82, 2.24) is 4.98 Å². The molecule has 1 rings (SSSR count). The molecule has 0 amide bonds. The van der Waals surface area contributed by atoms with E-state index in [0.717, 1.165) is 0 Å². The molecule has 0 atom stereocenters. The zero-order valence-electron chi connectivity index (χ0n) is 7.73. The number of hydrogen-bond donors (Lipinski definition) is 1. The molecule has 0 aliphatic heterocycles. The number of alkyl halides is 5. The van der Waals surface area contributed by atoms with Crippen LogP contribution < -0.4 is 0 Å². The molecule has 3 nitrogen and oxygen atoms in total. The van der Waals surface area contributed by atoms with E-state index in [1.54, 1.807) is 0 Å².